The Morgan fingerprint density at radius 3 is 2.50 bits per heavy atom. The molecule has 6 nitrogen and oxygen atoms in total. The van der Waals surface area contributed by atoms with Gasteiger partial charge >= 0.3 is 0 Å². The standard InChI is InChI=1S/C12H17N3O3/c1-14-12(17)7-15-6-9-2-4-10(5-3-9)18-8-11(13)16/h2-5,15H,6-8H2,1H3,(H2,13,16)(H,14,17). The third-order valence-corrected chi connectivity index (χ3v) is 2.20. The van der Waals surface area contributed by atoms with E-state index < -0.39 is 5.91 Å². The summed E-state index contributed by atoms with van der Waals surface area (Å²) in [5, 5.41) is 5.52. The Morgan fingerprint density at radius 2 is 1.94 bits per heavy atom. The molecule has 0 atom stereocenters. The second kappa shape index (κ2) is 7.29. The van der Waals surface area contributed by atoms with Crippen LogP contribution in [0.25, 0.3) is 0 Å². The van der Waals surface area contributed by atoms with Crippen LogP contribution in [0.15, 0.2) is 24.3 Å². The first-order valence-electron chi connectivity index (χ1n) is 5.53. The number of rotatable bonds is 7. The molecule has 6 heteroatoms. The highest BCUT2D eigenvalue weighted by atomic mass is 16.5. The second-order valence-corrected chi connectivity index (χ2v) is 3.68. The third-order valence-electron chi connectivity index (χ3n) is 2.20. The van der Waals surface area contributed by atoms with Gasteiger partial charge in [0.25, 0.3) is 5.91 Å². The number of nitrogens with one attached hydrogen (secondary N) is 2. The average molecular weight is 251 g/mol. The van der Waals surface area contributed by atoms with Crippen molar-refractivity contribution in [3.8, 4) is 5.75 Å². The van der Waals surface area contributed by atoms with Crippen molar-refractivity contribution in [2.24, 2.45) is 5.73 Å². The van der Waals surface area contributed by atoms with Gasteiger partial charge in [-0.2, -0.15) is 0 Å². The number of hydrogen-bond donors (Lipinski definition) is 3. The van der Waals surface area contributed by atoms with E-state index in [0.717, 1.165) is 5.56 Å². The molecule has 1 aromatic rings. The lowest BCUT2D eigenvalue weighted by Gasteiger charge is -2.06. The molecule has 2 amide bonds. The van der Waals surface area contributed by atoms with Crippen LogP contribution < -0.4 is 21.1 Å². The number of carbonyl (C=O) groups excluding carboxylic acids is 2. The fraction of sp³-hybridized carbons (Fsp3) is 0.333. The topological polar surface area (TPSA) is 93.4 Å². The van der Waals surface area contributed by atoms with Crippen LogP contribution in [0.4, 0.5) is 0 Å². The molecule has 98 valence electrons. The van der Waals surface area contributed by atoms with Crippen molar-refractivity contribution in [1.29, 1.82) is 0 Å². The number of primary amides is 1. The van der Waals surface area contributed by atoms with E-state index in [1.807, 2.05) is 12.1 Å². The molecule has 0 radical (unpaired) electrons. The van der Waals surface area contributed by atoms with Crippen LogP contribution in [0.3, 0.4) is 0 Å². The minimum atomic E-state index is -0.508. The van der Waals surface area contributed by atoms with Gasteiger partial charge in [-0.05, 0) is 17.7 Å². The van der Waals surface area contributed by atoms with Gasteiger partial charge in [-0.3, -0.25) is 9.59 Å². The van der Waals surface area contributed by atoms with Crippen molar-refractivity contribution in [2.75, 3.05) is 20.2 Å². The van der Waals surface area contributed by atoms with Crippen molar-refractivity contribution in [3.05, 3.63) is 29.8 Å². The molecular weight excluding hydrogens is 234 g/mol. The van der Waals surface area contributed by atoms with E-state index in [9.17, 15) is 9.59 Å². The largest absolute Gasteiger partial charge is 0.484 e. The van der Waals surface area contributed by atoms with Crippen molar-refractivity contribution in [2.45, 2.75) is 6.54 Å². The molecule has 0 saturated heterocycles. The molecule has 0 aromatic heterocycles. The summed E-state index contributed by atoms with van der Waals surface area (Å²) in [6.07, 6.45) is 0. The van der Waals surface area contributed by atoms with E-state index in [0.29, 0.717) is 12.3 Å². The van der Waals surface area contributed by atoms with E-state index in [2.05, 4.69) is 10.6 Å². The Balaban J connectivity index is 2.35. The molecule has 0 spiro atoms. The smallest absolute Gasteiger partial charge is 0.255 e. The molecule has 1 aromatic carbocycles. The average Bonchev–Trinajstić information content (AvgIpc) is 2.37. The van der Waals surface area contributed by atoms with Gasteiger partial charge in [-0.25, -0.2) is 0 Å². The highest BCUT2D eigenvalue weighted by Crippen LogP contribution is 2.11. The monoisotopic (exact) mass is 251 g/mol. The van der Waals surface area contributed by atoms with Crippen molar-refractivity contribution < 1.29 is 14.3 Å². The molecule has 0 aliphatic heterocycles. The zero-order chi connectivity index (χ0) is 13.4. The predicted molar refractivity (Wildman–Crippen MR) is 66.9 cm³/mol. The first-order chi connectivity index (χ1) is 8.61. The summed E-state index contributed by atoms with van der Waals surface area (Å²) in [7, 11) is 1.59. The van der Waals surface area contributed by atoms with Crippen molar-refractivity contribution in [1.82, 2.24) is 10.6 Å². The number of hydrogen-bond acceptors (Lipinski definition) is 4. The fourth-order valence-corrected chi connectivity index (χ4v) is 1.27. The van der Waals surface area contributed by atoms with Gasteiger partial charge in [0.2, 0.25) is 5.91 Å². The molecule has 18 heavy (non-hydrogen) atoms. The highest BCUT2D eigenvalue weighted by molar-refractivity contribution is 5.77. The van der Waals surface area contributed by atoms with Crippen LogP contribution in [-0.2, 0) is 16.1 Å². The normalized spacial score (nSPS) is 9.83. The van der Waals surface area contributed by atoms with Gasteiger partial charge in [0.1, 0.15) is 5.75 Å². The Kier molecular flexibility index (Phi) is 5.66. The maximum absolute atomic E-state index is 11.0. The molecule has 0 aliphatic carbocycles. The summed E-state index contributed by atoms with van der Waals surface area (Å²) in [6.45, 7) is 0.730. The Bertz CT molecular complexity index is 404. The summed E-state index contributed by atoms with van der Waals surface area (Å²) in [5.74, 6) is 0.0200. The number of carbonyl (C=O) groups is 2. The maximum atomic E-state index is 11.0. The number of nitrogens with two attached hydrogens (primary N) is 1. The lowest BCUT2D eigenvalue weighted by molar-refractivity contribution is -0.120. The van der Waals surface area contributed by atoms with Crippen LogP contribution >= 0.6 is 0 Å². The molecule has 0 fully saturated rings. The minimum absolute atomic E-state index is 0.0589. The Morgan fingerprint density at radius 1 is 1.28 bits per heavy atom. The van der Waals surface area contributed by atoms with Gasteiger partial charge in [0, 0.05) is 13.6 Å². The van der Waals surface area contributed by atoms with E-state index >= 15 is 0 Å². The number of ether oxygens (including phenoxy) is 1. The molecule has 0 aliphatic rings. The van der Waals surface area contributed by atoms with E-state index in [4.69, 9.17) is 10.5 Å². The SMILES string of the molecule is CNC(=O)CNCc1ccc(OCC(N)=O)cc1. The van der Waals surface area contributed by atoms with E-state index in [-0.39, 0.29) is 19.1 Å². The van der Waals surface area contributed by atoms with Crippen molar-refractivity contribution >= 4 is 11.8 Å². The van der Waals surface area contributed by atoms with Gasteiger partial charge in [0.05, 0.1) is 6.54 Å². The van der Waals surface area contributed by atoms with E-state index in [1.54, 1.807) is 19.2 Å². The first-order valence-corrected chi connectivity index (χ1v) is 5.53. The van der Waals surface area contributed by atoms with Crippen LogP contribution in [0, 0.1) is 0 Å². The molecule has 1 rings (SSSR count). The molecule has 0 bridgehead atoms. The minimum Gasteiger partial charge on any atom is -0.484 e. The maximum Gasteiger partial charge on any atom is 0.255 e. The number of benzene rings is 1. The predicted octanol–water partition coefficient (Wildman–Crippen LogP) is -0.614. The second-order valence-electron chi connectivity index (χ2n) is 3.68. The Labute approximate surface area is 105 Å². The lowest BCUT2D eigenvalue weighted by Crippen LogP contribution is -2.30. The van der Waals surface area contributed by atoms with Crippen LogP contribution in [0.1, 0.15) is 5.56 Å². The molecule has 4 N–H and O–H groups in total. The molecule has 0 saturated carbocycles. The summed E-state index contributed by atoms with van der Waals surface area (Å²) in [4.78, 5) is 21.5. The van der Waals surface area contributed by atoms with Crippen LogP contribution in [-0.4, -0.2) is 32.0 Å². The van der Waals surface area contributed by atoms with Crippen molar-refractivity contribution in [3.63, 3.8) is 0 Å². The summed E-state index contributed by atoms with van der Waals surface area (Å²) in [6, 6.07) is 7.21. The quantitative estimate of drug-likeness (QED) is 0.602. The van der Waals surface area contributed by atoms with Crippen LogP contribution in [0.5, 0.6) is 5.75 Å². The summed E-state index contributed by atoms with van der Waals surface area (Å²) < 4.78 is 5.12. The third kappa shape index (κ3) is 5.31. The first kappa shape index (κ1) is 14.0. The van der Waals surface area contributed by atoms with Gasteiger partial charge in [-0.1, -0.05) is 12.1 Å². The summed E-state index contributed by atoms with van der Waals surface area (Å²) >= 11 is 0. The number of amides is 2. The van der Waals surface area contributed by atoms with Gasteiger partial charge in [-0.15, -0.1) is 0 Å². The zero-order valence-corrected chi connectivity index (χ0v) is 10.2. The summed E-state index contributed by atoms with van der Waals surface area (Å²) in [5.41, 5.74) is 5.98. The molecule has 0 heterocycles. The van der Waals surface area contributed by atoms with E-state index in [1.165, 1.54) is 0 Å². The van der Waals surface area contributed by atoms with Crippen LogP contribution in [0.2, 0.25) is 0 Å². The molecular formula is C12H17N3O3. The fourth-order valence-electron chi connectivity index (χ4n) is 1.27. The molecule has 0 unspecified atom stereocenters. The van der Waals surface area contributed by atoms with Gasteiger partial charge in [0.15, 0.2) is 6.61 Å². The lowest BCUT2D eigenvalue weighted by atomic mass is 10.2. The number of likely N-dealkylation sites (N-methyl/N-ethyl adjacent to an activating group) is 1. The Hall–Kier alpha value is -2.08. The van der Waals surface area contributed by atoms with Gasteiger partial charge < -0.3 is 21.1 Å². The zero-order valence-electron chi connectivity index (χ0n) is 10.2. The highest BCUT2D eigenvalue weighted by Gasteiger charge is 1.99.